The summed E-state index contributed by atoms with van der Waals surface area (Å²) in [6.07, 6.45) is 2.94. The van der Waals surface area contributed by atoms with Crippen LogP contribution in [0.2, 0.25) is 5.02 Å². The predicted molar refractivity (Wildman–Crippen MR) is 123 cm³/mol. The summed E-state index contributed by atoms with van der Waals surface area (Å²) >= 11 is 6.27. The summed E-state index contributed by atoms with van der Waals surface area (Å²) in [7, 11) is 0. The lowest BCUT2D eigenvalue weighted by Crippen LogP contribution is -2.36. The van der Waals surface area contributed by atoms with E-state index in [9.17, 15) is 5.11 Å². The Labute approximate surface area is 193 Å². The molecule has 2 aromatic heterocycles. The molecule has 1 saturated heterocycles. The van der Waals surface area contributed by atoms with Gasteiger partial charge < -0.3 is 20.5 Å². The molecule has 0 radical (unpaired) electrons. The number of hydrogen-bond acceptors (Lipinski definition) is 8. The molecule has 168 valence electrons. The zero-order valence-electron chi connectivity index (χ0n) is 17.4. The molecule has 2 aromatic carbocycles. The van der Waals surface area contributed by atoms with Crippen molar-refractivity contribution in [3.63, 3.8) is 0 Å². The smallest absolute Gasteiger partial charge is 0.148 e. The molecule has 4 aromatic rings. The van der Waals surface area contributed by atoms with Gasteiger partial charge in [0, 0.05) is 52.7 Å². The number of anilines is 2. The van der Waals surface area contributed by atoms with Gasteiger partial charge in [0.05, 0.1) is 24.4 Å². The van der Waals surface area contributed by atoms with Crippen LogP contribution in [0.1, 0.15) is 17.4 Å². The van der Waals surface area contributed by atoms with E-state index >= 15 is 4.39 Å². The fourth-order valence-corrected chi connectivity index (χ4v) is 4.21. The number of halogens is 2. The first-order valence-electron chi connectivity index (χ1n) is 10.3. The molecular formula is C23H20ClFN6O2. The number of nitrogens with two attached hydrogens (primary N) is 1. The van der Waals surface area contributed by atoms with Crippen molar-refractivity contribution in [3.05, 3.63) is 71.2 Å². The Balaban J connectivity index is 1.59. The van der Waals surface area contributed by atoms with Gasteiger partial charge in [0.1, 0.15) is 29.8 Å². The van der Waals surface area contributed by atoms with Gasteiger partial charge in [0.25, 0.3) is 0 Å². The number of nitrogens with zero attached hydrogens (tertiary/aromatic N) is 5. The summed E-state index contributed by atoms with van der Waals surface area (Å²) in [4.78, 5) is 19.0. The van der Waals surface area contributed by atoms with Crippen molar-refractivity contribution >= 4 is 34.0 Å². The highest BCUT2D eigenvalue weighted by Gasteiger charge is 2.23. The number of nitrogen functional groups attached to an aromatic ring is 1. The number of aliphatic hydroxyl groups excluding tert-OH is 1. The van der Waals surface area contributed by atoms with Crippen LogP contribution in [-0.2, 0) is 4.74 Å². The van der Waals surface area contributed by atoms with Gasteiger partial charge in [-0.3, -0.25) is 4.98 Å². The van der Waals surface area contributed by atoms with Crippen LogP contribution in [-0.4, -0.2) is 51.3 Å². The topological polar surface area (TPSA) is 110 Å². The van der Waals surface area contributed by atoms with E-state index in [1.807, 2.05) is 18.2 Å². The lowest BCUT2D eigenvalue weighted by molar-refractivity contribution is 0.122. The van der Waals surface area contributed by atoms with Crippen molar-refractivity contribution in [2.45, 2.75) is 6.10 Å². The predicted octanol–water partition coefficient (Wildman–Crippen LogP) is 3.38. The van der Waals surface area contributed by atoms with Gasteiger partial charge in [-0.15, -0.1) is 0 Å². The molecule has 3 N–H and O–H groups in total. The molecule has 0 spiro atoms. The normalized spacial score (nSPS) is 15.1. The highest BCUT2D eigenvalue weighted by atomic mass is 35.5. The Kier molecular flexibility index (Phi) is 5.76. The van der Waals surface area contributed by atoms with Gasteiger partial charge in [-0.25, -0.2) is 19.3 Å². The maximum absolute atomic E-state index is 15.1. The van der Waals surface area contributed by atoms with E-state index < -0.39 is 11.9 Å². The van der Waals surface area contributed by atoms with Gasteiger partial charge in [-0.1, -0.05) is 11.6 Å². The second kappa shape index (κ2) is 8.86. The zero-order chi connectivity index (χ0) is 22.9. The van der Waals surface area contributed by atoms with Crippen molar-refractivity contribution in [1.82, 2.24) is 19.9 Å². The van der Waals surface area contributed by atoms with E-state index in [0.29, 0.717) is 29.8 Å². The standard InChI is InChI=1S/C23H20ClFN6O2/c24-17-11-18(25)16(10-15(17)22(32)21-23(26)28-4-3-27-21)20-14-2-1-13(9-19(14)29-12-30-20)31-5-7-33-8-6-31/h1-4,9-12,22,32H,5-8H2,(H2,26,28). The van der Waals surface area contributed by atoms with Crippen LogP contribution in [0, 0.1) is 5.82 Å². The highest BCUT2D eigenvalue weighted by molar-refractivity contribution is 6.31. The third kappa shape index (κ3) is 4.06. The molecule has 33 heavy (non-hydrogen) atoms. The molecule has 1 unspecified atom stereocenters. The quantitative estimate of drug-likeness (QED) is 0.471. The van der Waals surface area contributed by atoms with E-state index in [1.165, 1.54) is 24.8 Å². The number of fused-ring (bicyclic) bond motifs is 1. The van der Waals surface area contributed by atoms with Gasteiger partial charge in [0.2, 0.25) is 0 Å². The minimum Gasteiger partial charge on any atom is -0.382 e. The van der Waals surface area contributed by atoms with Crippen LogP contribution < -0.4 is 10.6 Å². The average molecular weight is 467 g/mol. The molecule has 0 bridgehead atoms. The Hall–Kier alpha value is -3.40. The van der Waals surface area contributed by atoms with E-state index in [-0.39, 0.29) is 27.7 Å². The van der Waals surface area contributed by atoms with Gasteiger partial charge in [-0.05, 0) is 30.3 Å². The molecule has 0 aliphatic carbocycles. The first-order chi connectivity index (χ1) is 16.0. The molecule has 0 amide bonds. The maximum atomic E-state index is 15.1. The Bertz CT molecular complexity index is 1330. The molecule has 1 aliphatic heterocycles. The number of morpholine rings is 1. The minimum absolute atomic E-state index is 0.0433. The zero-order valence-corrected chi connectivity index (χ0v) is 18.2. The number of rotatable bonds is 4. The molecule has 0 saturated carbocycles. The second-order valence-corrected chi connectivity index (χ2v) is 8.01. The summed E-state index contributed by atoms with van der Waals surface area (Å²) in [5.41, 5.74) is 8.51. The van der Waals surface area contributed by atoms with E-state index in [2.05, 4.69) is 24.8 Å². The van der Waals surface area contributed by atoms with Gasteiger partial charge >= 0.3 is 0 Å². The van der Waals surface area contributed by atoms with Crippen LogP contribution in [0.15, 0.2) is 49.1 Å². The largest absolute Gasteiger partial charge is 0.382 e. The lowest BCUT2D eigenvalue weighted by Gasteiger charge is -2.29. The van der Waals surface area contributed by atoms with Crippen LogP contribution in [0.25, 0.3) is 22.2 Å². The molecule has 10 heteroatoms. The van der Waals surface area contributed by atoms with Crippen molar-refractivity contribution in [2.75, 3.05) is 36.9 Å². The SMILES string of the molecule is Nc1nccnc1C(O)c1cc(-c2ncnc3cc(N4CCOCC4)ccc23)c(F)cc1Cl. The van der Waals surface area contributed by atoms with Crippen LogP contribution >= 0.6 is 11.6 Å². The van der Waals surface area contributed by atoms with Crippen molar-refractivity contribution < 1.29 is 14.2 Å². The Morgan fingerprint density at radius 1 is 1.06 bits per heavy atom. The van der Waals surface area contributed by atoms with Crippen molar-refractivity contribution in [2.24, 2.45) is 0 Å². The van der Waals surface area contributed by atoms with Crippen LogP contribution in [0.5, 0.6) is 0 Å². The molecule has 1 fully saturated rings. The van der Waals surface area contributed by atoms with E-state index in [1.54, 1.807) is 0 Å². The summed E-state index contributed by atoms with van der Waals surface area (Å²) in [6, 6.07) is 8.41. The lowest BCUT2D eigenvalue weighted by atomic mass is 9.99. The molecule has 1 aliphatic rings. The monoisotopic (exact) mass is 466 g/mol. The average Bonchev–Trinajstić information content (AvgIpc) is 2.84. The Morgan fingerprint density at radius 2 is 1.85 bits per heavy atom. The van der Waals surface area contributed by atoms with E-state index in [0.717, 1.165) is 24.8 Å². The minimum atomic E-state index is -1.29. The first kappa shape index (κ1) is 21.4. The van der Waals surface area contributed by atoms with Crippen molar-refractivity contribution in [3.8, 4) is 11.3 Å². The molecular weight excluding hydrogens is 447 g/mol. The summed E-state index contributed by atoms with van der Waals surface area (Å²) in [5, 5.41) is 11.6. The van der Waals surface area contributed by atoms with Gasteiger partial charge in [-0.2, -0.15) is 0 Å². The molecule has 5 rings (SSSR count). The summed E-state index contributed by atoms with van der Waals surface area (Å²) in [6.45, 7) is 2.93. The van der Waals surface area contributed by atoms with Crippen molar-refractivity contribution in [1.29, 1.82) is 0 Å². The number of ether oxygens (including phenoxy) is 1. The fourth-order valence-electron chi connectivity index (χ4n) is 3.95. The van der Waals surface area contributed by atoms with Crippen LogP contribution in [0.3, 0.4) is 0 Å². The van der Waals surface area contributed by atoms with E-state index in [4.69, 9.17) is 22.1 Å². The maximum Gasteiger partial charge on any atom is 0.148 e. The first-order valence-corrected chi connectivity index (χ1v) is 10.7. The molecule has 8 nitrogen and oxygen atoms in total. The number of hydrogen-bond donors (Lipinski definition) is 2. The van der Waals surface area contributed by atoms with Crippen LogP contribution in [0.4, 0.5) is 15.9 Å². The fraction of sp³-hybridized carbons (Fsp3) is 0.217. The Morgan fingerprint density at radius 3 is 2.64 bits per heavy atom. The summed E-state index contributed by atoms with van der Waals surface area (Å²) < 4.78 is 20.5. The summed E-state index contributed by atoms with van der Waals surface area (Å²) in [5.74, 6) is -0.504. The third-order valence-corrected chi connectivity index (χ3v) is 5.98. The number of benzene rings is 2. The highest BCUT2D eigenvalue weighted by Crippen LogP contribution is 2.36. The molecule has 3 heterocycles. The third-order valence-electron chi connectivity index (χ3n) is 5.65. The second-order valence-electron chi connectivity index (χ2n) is 7.61. The molecule has 1 atom stereocenters. The van der Waals surface area contributed by atoms with Gasteiger partial charge in [0.15, 0.2) is 0 Å². The number of aromatic nitrogens is 4. The number of aliphatic hydroxyl groups is 1.